The molecule has 0 aliphatic carbocycles. The Morgan fingerprint density at radius 2 is 1.56 bits per heavy atom. The van der Waals surface area contributed by atoms with Crippen LogP contribution in [0.25, 0.3) is 0 Å². The number of nitrogens with one attached hydrogen (secondary N) is 2. The van der Waals surface area contributed by atoms with Gasteiger partial charge in [0.1, 0.15) is 11.4 Å². The van der Waals surface area contributed by atoms with E-state index in [-0.39, 0.29) is 5.69 Å². The molecule has 124 valence electrons. The molecule has 0 radical (unpaired) electrons. The summed E-state index contributed by atoms with van der Waals surface area (Å²) in [6.45, 7) is 2.03. The SMILES string of the molecule is Cc1ccc([NH+]=C(Nc2ccccc2)c2ccc([N+](=O)[O-])cc2)cc1. The van der Waals surface area contributed by atoms with Crippen LogP contribution in [0.15, 0.2) is 78.9 Å². The predicted molar refractivity (Wildman–Crippen MR) is 99.1 cm³/mol. The van der Waals surface area contributed by atoms with Crippen molar-refractivity contribution in [3.63, 3.8) is 0 Å². The molecule has 0 spiro atoms. The van der Waals surface area contributed by atoms with E-state index in [9.17, 15) is 10.1 Å². The molecule has 0 fully saturated rings. The highest BCUT2D eigenvalue weighted by Crippen LogP contribution is 2.13. The van der Waals surface area contributed by atoms with Crippen LogP contribution in [-0.4, -0.2) is 10.8 Å². The van der Waals surface area contributed by atoms with E-state index < -0.39 is 4.92 Å². The van der Waals surface area contributed by atoms with E-state index in [1.54, 1.807) is 12.1 Å². The number of amidine groups is 1. The number of rotatable bonds is 4. The first-order valence-electron chi connectivity index (χ1n) is 7.89. The summed E-state index contributed by atoms with van der Waals surface area (Å²) < 4.78 is 0. The molecule has 0 aliphatic heterocycles. The zero-order valence-corrected chi connectivity index (χ0v) is 13.8. The molecule has 5 nitrogen and oxygen atoms in total. The number of aryl methyl sites for hydroxylation is 1. The van der Waals surface area contributed by atoms with Gasteiger partial charge in [-0.2, -0.15) is 0 Å². The van der Waals surface area contributed by atoms with E-state index in [1.165, 1.54) is 17.7 Å². The topological polar surface area (TPSA) is 69.1 Å². The van der Waals surface area contributed by atoms with Crippen molar-refractivity contribution >= 4 is 22.9 Å². The summed E-state index contributed by atoms with van der Waals surface area (Å²) in [6.07, 6.45) is 0. The van der Waals surface area contributed by atoms with Crippen LogP contribution in [0.4, 0.5) is 17.1 Å². The fourth-order valence-corrected chi connectivity index (χ4v) is 2.37. The number of benzene rings is 3. The van der Waals surface area contributed by atoms with E-state index in [0.717, 1.165) is 22.8 Å². The predicted octanol–water partition coefficient (Wildman–Crippen LogP) is 3.17. The molecule has 0 aliphatic rings. The van der Waals surface area contributed by atoms with E-state index in [0.29, 0.717) is 0 Å². The maximum absolute atomic E-state index is 10.9. The lowest BCUT2D eigenvalue weighted by Crippen LogP contribution is -2.68. The Labute approximate surface area is 145 Å². The van der Waals surface area contributed by atoms with Crippen LogP contribution in [-0.2, 0) is 0 Å². The normalized spacial score (nSPS) is 11.2. The maximum Gasteiger partial charge on any atom is 0.285 e. The second-order valence-corrected chi connectivity index (χ2v) is 5.66. The molecule has 0 aromatic heterocycles. The van der Waals surface area contributed by atoms with Crippen molar-refractivity contribution in [3.8, 4) is 0 Å². The summed E-state index contributed by atoms with van der Waals surface area (Å²) >= 11 is 0. The number of nitrogens with zero attached hydrogens (tertiary/aromatic N) is 1. The van der Waals surface area contributed by atoms with Crippen LogP contribution >= 0.6 is 0 Å². The Morgan fingerprint density at radius 1 is 0.920 bits per heavy atom. The van der Waals surface area contributed by atoms with Crippen molar-refractivity contribution in [1.82, 2.24) is 0 Å². The summed E-state index contributed by atoms with van der Waals surface area (Å²) in [5, 5.41) is 14.2. The van der Waals surface area contributed by atoms with Crippen LogP contribution in [0, 0.1) is 17.0 Å². The number of hydrogen-bond donors (Lipinski definition) is 2. The molecule has 3 aromatic rings. The van der Waals surface area contributed by atoms with Crippen LogP contribution < -0.4 is 10.3 Å². The van der Waals surface area contributed by atoms with Crippen molar-refractivity contribution in [2.24, 2.45) is 0 Å². The molecule has 0 amide bonds. The van der Waals surface area contributed by atoms with Gasteiger partial charge in [-0.1, -0.05) is 35.9 Å². The van der Waals surface area contributed by atoms with Crippen LogP contribution in [0.3, 0.4) is 0 Å². The van der Waals surface area contributed by atoms with Gasteiger partial charge in [0, 0.05) is 12.1 Å². The van der Waals surface area contributed by atoms with E-state index >= 15 is 0 Å². The zero-order valence-electron chi connectivity index (χ0n) is 13.8. The molecule has 2 N–H and O–H groups in total. The van der Waals surface area contributed by atoms with Crippen LogP contribution in [0.2, 0.25) is 0 Å². The van der Waals surface area contributed by atoms with Crippen LogP contribution in [0.5, 0.6) is 0 Å². The average molecular weight is 332 g/mol. The van der Waals surface area contributed by atoms with Gasteiger partial charge in [0.15, 0.2) is 0 Å². The molecule has 0 bridgehead atoms. The second-order valence-electron chi connectivity index (χ2n) is 5.66. The average Bonchev–Trinajstić information content (AvgIpc) is 2.64. The number of non-ortho nitro benzene ring substituents is 1. The van der Waals surface area contributed by atoms with Crippen molar-refractivity contribution in [2.75, 3.05) is 5.32 Å². The minimum atomic E-state index is -0.401. The number of nitro groups is 1. The lowest BCUT2D eigenvalue weighted by Gasteiger charge is -2.04. The summed E-state index contributed by atoms with van der Waals surface area (Å²) in [4.78, 5) is 13.8. The zero-order chi connectivity index (χ0) is 17.6. The van der Waals surface area contributed by atoms with Crippen LogP contribution in [0.1, 0.15) is 11.1 Å². The number of nitro benzene ring substituents is 1. The van der Waals surface area contributed by atoms with E-state index in [2.05, 4.69) is 10.3 Å². The van der Waals surface area contributed by atoms with E-state index in [4.69, 9.17) is 0 Å². The van der Waals surface area contributed by atoms with Gasteiger partial charge < -0.3 is 0 Å². The quantitative estimate of drug-likeness (QED) is 0.334. The largest absolute Gasteiger partial charge is 0.285 e. The van der Waals surface area contributed by atoms with Gasteiger partial charge in [0.05, 0.1) is 10.5 Å². The fraction of sp³-hybridized carbons (Fsp3) is 0.0500. The number of anilines is 1. The third kappa shape index (κ3) is 4.29. The van der Waals surface area contributed by atoms with Gasteiger partial charge in [0.25, 0.3) is 11.5 Å². The first-order valence-corrected chi connectivity index (χ1v) is 7.89. The van der Waals surface area contributed by atoms with Crippen molar-refractivity contribution in [3.05, 3.63) is 100 Å². The maximum atomic E-state index is 10.9. The molecule has 0 atom stereocenters. The minimum Gasteiger partial charge on any atom is -0.258 e. The molecule has 0 heterocycles. The summed E-state index contributed by atoms with van der Waals surface area (Å²) in [7, 11) is 0. The molecule has 3 rings (SSSR count). The molecule has 0 saturated carbocycles. The highest BCUT2D eigenvalue weighted by Gasteiger charge is 2.14. The lowest BCUT2D eigenvalue weighted by molar-refractivity contribution is -0.384. The standard InChI is InChI=1S/C20H17N3O2/c1-15-7-11-18(12-8-15)22-20(21-17-5-3-2-4-6-17)16-9-13-19(14-10-16)23(24)25/h2-14H,1H3,(H,21,22)/p+1. The molecular weight excluding hydrogens is 314 g/mol. The van der Waals surface area contributed by atoms with Gasteiger partial charge in [-0.15, -0.1) is 0 Å². The fourth-order valence-electron chi connectivity index (χ4n) is 2.37. The second kappa shape index (κ2) is 7.40. The lowest BCUT2D eigenvalue weighted by atomic mass is 10.1. The van der Waals surface area contributed by atoms with Gasteiger partial charge in [0.2, 0.25) is 0 Å². The first kappa shape index (κ1) is 16.4. The van der Waals surface area contributed by atoms with Gasteiger partial charge in [-0.25, -0.2) is 10.3 Å². The van der Waals surface area contributed by atoms with Gasteiger partial charge in [-0.05, 0) is 43.3 Å². The molecule has 0 saturated heterocycles. The van der Waals surface area contributed by atoms with Crippen molar-refractivity contribution in [1.29, 1.82) is 0 Å². The highest BCUT2D eigenvalue weighted by atomic mass is 16.6. The Balaban J connectivity index is 1.98. The molecule has 3 aromatic carbocycles. The molecular formula is C20H18N3O2+. The summed E-state index contributed by atoms with van der Waals surface area (Å²) in [5.74, 6) is 0.755. The smallest absolute Gasteiger partial charge is 0.258 e. The monoisotopic (exact) mass is 332 g/mol. The third-order valence-electron chi connectivity index (χ3n) is 3.73. The number of para-hydroxylation sites is 1. The Kier molecular flexibility index (Phi) is 4.85. The Bertz CT molecular complexity index is 886. The summed E-state index contributed by atoms with van der Waals surface area (Å²) in [5.41, 5.74) is 3.93. The van der Waals surface area contributed by atoms with Crippen molar-refractivity contribution in [2.45, 2.75) is 6.92 Å². The molecule has 5 heteroatoms. The van der Waals surface area contributed by atoms with E-state index in [1.807, 2.05) is 61.5 Å². The van der Waals surface area contributed by atoms with Crippen molar-refractivity contribution < 1.29 is 9.92 Å². The number of hydrogen-bond acceptors (Lipinski definition) is 2. The molecule has 0 unspecified atom stereocenters. The first-order chi connectivity index (χ1) is 12.1. The highest BCUT2D eigenvalue weighted by molar-refractivity contribution is 6.04. The van der Waals surface area contributed by atoms with Gasteiger partial charge in [-0.3, -0.25) is 10.1 Å². The Morgan fingerprint density at radius 3 is 2.16 bits per heavy atom. The third-order valence-corrected chi connectivity index (χ3v) is 3.73. The summed E-state index contributed by atoms with van der Waals surface area (Å²) in [6, 6.07) is 24.3. The molecule has 25 heavy (non-hydrogen) atoms. The van der Waals surface area contributed by atoms with Gasteiger partial charge >= 0.3 is 0 Å². The Hall–Kier alpha value is -3.47. The minimum absolute atomic E-state index is 0.0677.